The number of carbonyl (C=O) groups is 4. The van der Waals surface area contributed by atoms with E-state index in [0.29, 0.717) is 17.8 Å². The summed E-state index contributed by atoms with van der Waals surface area (Å²) in [7, 11) is 0. The average molecular weight is 443 g/mol. The molecule has 0 aromatic heterocycles. The van der Waals surface area contributed by atoms with Crippen LogP contribution in [0.15, 0.2) is 48.5 Å². The van der Waals surface area contributed by atoms with Gasteiger partial charge in [0.2, 0.25) is 0 Å². The molecule has 2 rings (SSSR count). The highest BCUT2D eigenvalue weighted by atomic mass is 19.1. The van der Waals surface area contributed by atoms with Gasteiger partial charge in [0.1, 0.15) is 11.9 Å². The predicted octanol–water partition coefficient (Wildman–Crippen LogP) is 2.51. The maximum atomic E-state index is 13.8. The summed E-state index contributed by atoms with van der Waals surface area (Å²) in [4.78, 5) is 48.8. The molecule has 1 atom stereocenters. The van der Waals surface area contributed by atoms with Gasteiger partial charge in [-0.3, -0.25) is 14.4 Å². The first-order valence-electron chi connectivity index (χ1n) is 10.1. The number of hydrogen-bond acceptors (Lipinski definition) is 5. The fourth-order valence-electron chi connectivity index (χ4n) is 2.79. The highest BCUT2D eigenvalue weighted by Crippen LogP contribution is 2.12. The number of halogens is 1. The molecular weight excluding hydrogens is 417 g/mol. The van der Waals surface area contributed by atoms with Gasteiger partial charge in [-0.05, 0) is 43.2 Å². The Morgan fingerprint density at radius 1 is 1.00 bits per heavy atom. The van der Waals surface area contributed by atoms with Gasteiger partial charge in [-0.1, -0.05) is 32.0 Å². The largest absolute Gasteiger partial charge is 0.454 e. The van der Waals surface area contributed by atoms with Crippen LogP contribution >= 0.6 is 0 Å². The Hall–Kier alpha value is -3.75. The van der Waals surface area contributed by atoms with Crippen molar-refractivity contribution in [2.75, 3.05) is 18.5 Å². The Morgan fingerprint density at radius 3 is 2.38 bits per heavy atom. The number of carbonyl (C=O) groups excluding carboxylic acids is 4. The van der Waals surface area contributed by atoms with E-state index in [1.54, 1.807) is 39.0 Å². The highest BCUT2D eigenvalue weighted by Gasteiger charge is 2.27. The number of benzene rings is 2. The van der Waals surface area contributed by atoms with Gasteiger partial charge in [-0.25, -0.2) is 9.18 Å². The van der Waals surface area contributed by atoms with Crippen molar-refractivity contribution in [2.24, 2.45) is 5.92 Å². The van der Waals surface area contributed by atoms with Crippen LogP contribution in [-0.2, 0) is 14.3 Å². The lowest BCUT2D eigenvalue weighted by molar-refractivity contribution is -0.150. The van der Waals surface area contributed by atoms with Gasteiger partial charge in [-0.15, -0.1) is 0 Å². The van der Waals surface area contributed by atoms with E-state index in [2.05, 4.69) is 16.0 Å². The number of anilines is 1. The highest BCUT2D eigenvalue weighted by molar-refractivity contribution is 5.99. The number of rotatable bonds is 9. The van der Waals surface area contributed by atoms with Crippen molar-refractivity contribution in [3.63, 3.8) is 0 Å². The molecule has 0 radical (unpaired) electrons. The van der Waals surface area contributed by atoms with Crippen LogP contribution in [0.2, 0.25) is 0 Å². The Bertz CT molecular complexity index is 993. The molecule has 0 aliphatic carbocycles. The molecule has 2 aromatic carbocycles. The van der Waals surface area contributed by atoms with Crippen LogP contribution in [0.25, 0.3) is 0 Å². The van der Waals surface area contributed by atoms with Crippen molar-refractivity contribution >= 4 is 29.4 Å². The minimum atomic E-state index is -1.07. The quantitative estimate of drug-likeness (QED) is 0.516. The monoisotopic (exact) mass is 443 g/mol. The molecule has 0 aliphatic rings. The van der Waals surface area contributed by atoms with Crippen molar-refractivity contribution in [3.05, 3.63) is 65.5 Å². The first-order valence-corrected chi connectivity index (χ1v) is 10.1. The van der Waals surface area contributed by atoms with E-state index in [0.717, 1.165) is 6.07 Å². The Labute approximate surface area is 185 Å². The molecule has 0 aliphatic heterocycles. The third-order valence-electron chi connectivity index (χ3n) is 4.42. The summed E-state index contributed by atoms with van der Waals surface area (Å²) in [5, 5.41) is 7.65. The molecule has 0 unspecified atom stereocenters. The van der Waals surface area contributed by atoms with Crippen LogP contribution in [-0.4, -0.2) is 42.9 Å². The summed E-state index contributed by atoms with van der Waals surface area (Å²) < 4.78 is 18.9. The molecule has 0 fully saturated rings. The summed E-state index contributed by atoms with van der Waals surface area (Å²) in [5.74, 6) is -3.55. The summed E-state index contributed by atoms with van der Waals surface area (Å²) in [6.07, 6.45) is 0. The molecule has 0 bridgehead atoms. The number of esters is 1. The maximum absolute atomic E-state index is 13.8. The summed E-state index contributed by atoms with van der Waals surface area (Å²) in [6.45, 7) is 5.03. The predicted molar refractivity (Wildman–Crippen MR) is 117 cm³/mol. The number of hydrogen-bond donors (Lipinski definition) is 3. The van der Waals surface area contributed by atoms with E-state index < -0.39 is 36.2 Å². The van der Waals surface area contributed by atoms with Crippen molar-refractivity contribution < 1.29 is 28.3 Å². The van der Waals surface area contributed by atoms with Gasteiger partial charge in [0.15, 0.2) is 6.61 Å². The number of amides is 3. The topological polar surface area (TPSA) is 114 Å². The van der Waals surface area contributed by atoms with Gasteiger partial charge in [0.05, 0.1) is 5.56 Å². The second-order valence-corrected chi connectivity index (χ2v) is 7.27. The fraction of sp³-hybridized carbons (Fsp3) is 0.304. The van der Waals surface area contributed by atoms with Crippen LogP contribution in [0, 0.1) is 11.7 Å². The van der Waals surface area contributed by atoms with Crippen LogP contribution in [0.3, 0.4) is 0 Å². The van der Waals surface area contributed by atoms with Crippen molar-refractivity contribution in [1.29, 1.82) is 0 Å². The SMILES string of the molecule is CCNC(=O)c1cccc(NC(=O)COC(=O)[C@@H](NC(=O)c2ccccc2F)C(C)C)c1. The number of nitrogens with one attached hydrogen (secondary N) is 3. The molecule has 3 N–H and O–H groups in total. The third-order valence-corrected chi connectivity index (χ3v) is 4.42. The smallest absolute Gasteiger partial charge is 0.329 e. The Balaban J connectivity index is 1.95. The molecule has 8 nitrogen and oxygen atoms in total. The molecule has 0 saturated carbocycles. The number of ether oxygens (including phenoxy) is 1. The molecule has 0 spiro atoms. The van der Waals surface area contributed by atoms with Gasteiger partial charge in [0.25, 0.3) is 17.7 Å². The zero-order chi connectivity index (χ0) is 23.7. The van der Waals surface area contributed by atoms with Crippen LogP contribution in [0.1, 0.15) is 41.5 Å². The van der Waals surface area contributed by atoms with Gasteiger partial charge in [-0.2, -0.15) is 0 Å². The standard InChI is InChI=1S/C23H26FN3O5/c1-4-25-21(29)15-8-7-9-16(12-15)26-19(28)13-32-23(31)20(14(2)3)27-22(30)17-10-5-6-11-18(17)24/h5-12,14,20H,4,13H2,1-3H3,(H,25,29)(H,26,28)(H,27,30)/t20-/m0/s1. The normalized spacial score (nSPS) is 11.4. The second-order valence-electron chi connectivity index (χ2n) is 7.27. The van der Waals surface area contributed by atoms with Gasteiger partial charge < -0.3 is 20.7 Å². The molecule has 9 heteroatoms. The minimum absolute atomic E-state index is 0.198. The second kappa shape index (κ2) is 11.6. The molecule has 0 heterocycles. The third kappa shape index (κ3) is 6.90. The Kier molecular flexibility index (Phi) is 8.88. The van der Waals surface area contributed by atoms with E-state index in [-0.39, 0.29) is 17.4 Å². The molecular formula is C23H26FN3O5. The van der Waals surface area contributed by atoms with Crippen molar-refractivity contribution in [1.82, 2.24) is 10.6 Å². The lowest BCUT2D eigenvalue weighted by Gasteiger charge is -2.21. The van der Waals surface area contributed by atoms with Crippen molar-refractivity contribution in [2.45, 2.75) is 26.8 Å². The molecule has 3 amide bonds. The van der Waals surface area contributed by atoms with Crippen molar-refractivity contribution in [3.8, 4) is 0 Å². The van der Waals surface area contributed by atoms with Gasteiger partial charge >= 0.3 is 5.97 Å². The van der Waals surface area contributed by atoms with E-state index >= 15 is 0 Å². The van der Waals surface area contributed by atoms with Gasteiger partial charge in [0, 0.05) is 17.8 Å². The van der Waals surface area contributed by atoms with E-state index in [9.17, 15) is 23.6 Å². The Morgan fingerprint density at radius 2 is 1.72 bits per heavy atom. The van der Waals surface area contributed by atoms with Crippen LogP contribution in [0.5, 0.6) is 0 Å². The fourth-order valence-corrected chi connectivity index (χ4v) is 2.79. The molecule has 170 valence electrons. The summed E-state index contributed by atoms with van der Waals surface area (Å²) >= 11 is 0. The van der Waals surface area contributed by atoms with Crippen LogP contribution in [0.4, 0.5) is 10.1 Å². The zero-order valence-electron chi connectivity index (χ0n) is 18.1. The first-order chi connectivity index (χ1) is 15.2. The summed E-state index contributed by atoms with van der Waals surface area (Å²) in [6, 6.07) is 10.6. The lowest BCUT2D eigenvalue weighted by Crippen LogP contribution is -2.46. The van der Waals surface area contributed by atoms with E-state index in [4.69, 9.17) is 4.74 Å². The zero-order valence-corrected chi connectivity index (χ0v) is 18.1. The van der Waals surface area contributed by atoms with Crippen LogP contribution < -0.4 is 16.0 Å². The summed E-state index contributed by atoms with van der Waals surface area (Å²) in [5.41, 5.74) is 0.538. The minimum Gasteiger partial charge on any atom is -0.454 e. The molecule has 0 saturated heterocycles. The molecule has 2 aromatic rings. The molecule has 32 heavy (non-hydrogen) atoms. The average Bonchev–Trinajstić information content (AvgIpc) is 2.76. The first kappa shape index (κ1) is 24.5. The van der Waals surface area contributed by atoms with E-state index in [1.807, 2.05) is 0 Å². The lowest BCUT2D eigenvalue weighted by atomic mass is 10.0. The van der Waals surface area contributed by atoms with E-state index in [1.165, 1.54) is 24.3 Å². The maximum Gasteiger partial charge on any atom is 0.329 e.